The molecule has 4 saturated heterocycles. The second kappa shape index (κ2) is 28.0. The quantitative estimate of drug-likeness (QED) is 0.0596. The molecule has 2 N–H and O–H groups in total. The van der Waals surface area contributed by atoms with Gasteiger partial charge in [0.2, 0.25) is 0 Å². The van der Waals surface area contributed by atoms with Gasteiger partial charge in [-0.25, -0.2) is 0 Å². The van der Waals surface area contributed by atoms with Crippen LogP contribution in [0.4, 0.5) is 0 Å². The van der Waals surface area contributed by atoms with Gasteiger partial charge in [-0.05, 0) is 105 Å². The van der Waals surface area contributed by atoms with Crippen molar-refractivity contribution in [2.75, 3.05) is 27.4 Å². The summed E-state index contributed by atoms with van der Waals surface area (Å²) in [6.45, 7) is 46.0. The van der Waals surface area contributed by atoms with Crippen LogP contribution in [-0.2, 0) is 61.0 Å². The molecule has 0 aromatic heterocycles. The normalized spacial score (nSPS) is 37.7. The van der Waals surface area contributed by atoms with Crippen LogP contribution in [0.3, 0.4) is 0 Å². The van der Waals surface area contributed by atoms with Gasteiger partial charge in [0.1, 0.15) is 23.7 Å². The number of allylic oxidation sites excluding steroid dienone is 2. The lowest BCUT2D eigenvalue weighted by molar-refractivity contribution is -0.317. The maximum Gasteiger partial charge on any atom is 0.316 e. The lowest BCUT2D eigenvalue weighted by atomic mass is 9.71. The molecular weight excluding hydrogens is 1100 g/mol. The molecule has 0 aromatic rings. The first-order valence-electron chi connectivity index (χ1n) is 31.4. The molecule has 476 valence electrons. The van der Waals surface area contributed by atoms with Crippen molar-refractivity contribution in [1.82, 2.24) is 0 Å². The minimum Gasteiger partial charge on any atom is -0.465 e. The van der Waals surface area contributed by atoms with Gasteiger partial charge < -0.3 is 66.4 Å². The van der Waals surface area contributed by atoms with E-state index in [9.17, 15) is 15.0 Å². The van der Waals surface area contributed by atoms with Crippen molar-refractivity contribution in [2.45, 2.75) is 295 Å². The highest BCUT2D eigenvalue weighted by atomic mass is 28.4. The van der Waals surface area contributed by atoms with Gasteiger partial charge in [-0.15, -0.1) is 0 Å². The first kappa shape index (κ1) is 70.4. The second-order valence-electron chi connectivity index (χ2n) is 29.7. The lowest BCUT2D eigenvalue weighted by Gasteiger charge is -2.48. The molecule has 6 rings (SSSR count). The molecule has 83 heavy (non-hydrogen) atoms. The van der Waals surface area contributed by atoms with Gasteiger partial charge in [-0.1, -0.05) is 132 Å². The van der Waals surface area contributed by atoms with Gasteiger partial charge in [0, 0.05) is 59.8 Å². The van der Waals surface area contributed by atoms with Crippen molar-refractivity contribution in [3.63, 3.8) is 0 Å². The molecule has 6 aliphatic rings. The van der Waals surface area contributed by atoms with Crippen LogP contribution in [-0.4, -0.2) is 166 Å². The highest BCUT2D eigenvalue weighted by Gasteiger charge is 2.61. The Morgan fingerprint density at radius 2 is 1.47 bits per heavy atom. The molecule has 5 aliphatic heterocycles. The second-order valence-corrected chi connectivity index (χ2v) is 44.9. The number of carbonyl (C=O) groups excluding carboxylic acids is 1. The van der Waals surface area contributed by atoms with Crippen molar-refractivity contribution in [3.8, 4) is 0 Å². The number of methoxy groups -OCH3 is 2. The van der Waals surface area contributed by atoms with Gasteiger partial charge in [-0.2, -0.15) is 0 Å². The molecule has 18 heteroatoms. The van der Waals surface area contributed by atoms with Crippen LogP contribution in [0.2, 0.25) is 61.9 Å². The molecule has 20 atom stereocenters. The van der Waals surface area contributed by atoms with E-state index in [0.717, 1.165) is 23.6 Å². The van der Waals surface area contributed by atoms with Gasteiger partial charge in [0.05, 0.1) is 74.3 Å². The predicted molar refractivity (Wildman–Crippen MR) is 335 cm³/mol. The van der Waals surface area contributed by atoms with Crippen LogP contribution >= 0.6 is 0 Å². The standard InChI is InChI=1S/C65H114O15Si3/c1-24-40(2)56-43(5)30-31-64(78-56)38-48(66)35-49(77-64)29-28-42(4)55(75-53-36-51(69-15)58(45(7)73-53)76-54-37-52(70-16)59(46(8)74-54)80-83(22,23)63(12,13)14)41(3)26-25-27-47-39-72-60-57(79-82(20,21)62(9,10)11)44(6)34-50(65(47,60)68)61(67)71-32-33-81(17,18)19/h25-28,30-31,34,40-41,43,45-46,48-60,66,68H,24,29,32-33,35-39H2,1-23H3/b26-25+,42-28+,47-27+/t40?,41-,43-,45-,46-,48-,49+,50-,51-,52-,53-,54-,55-,56+,57+,58-,59-,60+,64+,65+/m0/s1. The number of hydrogen-bond donors (Lipinski definition) is 2. The van der Waals surface area contributed by atoms with E-state index >= 15 is 0 Å². The van der Waals surface area contributed by atoms with Gasteiger partial charge in [0.25, 0.3) is 0 Å². The van der Waals surface area contributed by atoms with E-state index < -0.39 is 103 Å². The van der Waals surface area contributed by atoms with Gasteiger partial charge in [-0.3, -0.25) is 4.79 Å². The van der Waals surface area contributed by atoms with Crippen LogP contribution in [0.15, 0.2) is 59.3 Å². The number of ether oxygens (including phenoxy) is 10. The topological polar surface area (TPSA) is 168 Å². The van der Waals surface area contributed by atoms with Crippen LogP contribution in [0.25, 0.3) is 0 Å². The Morgan fingerprint density at radius 1 is 0.867 bits per heavy atom. The molecule has 0 bridgehead atoms. The Labute approximate surface area is 504 Å². The third-order valence-electron chi connectivity index (χ3n) is 19.7. The molecular formula is C65H114O15Si3. The van der Waals surface area contributed by atoms with E-state index in [1.807, 2.05) is 45.1 Å². The van der Waals surface area contributed by atoms with Gasteiger partial charge >= 0.3 is 5.97 Å². The lowest BCUT2D eigenvalue weighted by Crippen LogP contribution is -2.60. The van der Waals surface area contributed by atoms with Crippen molar-refractivity contribution in [1.29, 1.82) is 0 Å². The zero-order chi connectivity index (χ0) is 62.0. The number of hydrogen-bond acceptors (Lipinski definition) is 15. The summed E-state index contributed by atoms with van der Waals surface area (Å²) in [6.07, 6.45) is 11.2. The van der Waals surface area contributed by atoms with Crippen molar-refractivity contribution < 1.29 is 71.2 Å². The highest BCUT2D eigenvalue weighted by molar-refractivity contribution is 6.76. The molecule has 5 heterocycles. The molecule has 0 amide bonds. The smallest absolute Gasteiger partial charge is 0.316 e. The van der Waals surface area contributed by atoms with Crippen LogP contribution in [0, 0.1) is 23.7 Å². The van der Waals surface area contributed by atoms with Crippen molar-refractivity contribution in [2.24, 2.45) is 23.7 Å². The van der Waals surface area contributed by atoms with Crippen LogP contribution < -0.4 is 0 Å². The maximum absolute atomic E-state index is 14.2. The number of fused-ring (bicyclic) bond motifs is 1. The summed E-state index contributed by atoms with van der Waals surface area (Å²) >= 11 is 0. The fourth-order valence-corrected chi connectivity index (χ4v) is 15.5. The summed E-state index contributed by atoms with van der Waals surface area (Å²) in [5.41, 5.74) is 0.658. The number of rotatable bonds is 22. The maximum atomic E-state index is 14.2. The summed E-state index contributed by atoms with van der Waals surface area (Å²) in [6, 6.07) is 0.814. The molecule has 1 aliphatic carbocycles. The predicted octanol–water partition coefficient (Wildman–Crippen LogP) is 12.8. The van der Waals surface area contributed by atoms with Crippen molar-refractivity contribution >= 4 is 30.7 Å². The van der Waals surface area contributed by atoms with E-state index in [1.165, 1.54) is 0 Å². The molecule has 0 saturated carbocycles. The third-order valence-corrected chi connectivity index (χ3v) is 30.4. The number of carbonyl (C=O) groups is 1. The van der Waals surface area contributed by atoms with Crippen LogP contribution in [0.1, 0.15) is 135 Å². The van der Waals surface area contributed by atoms with E-state index in [1.54, 1.807) is 14.2 Å². The minimum atomic E-state index is -2.38. The van der Waals surface area contributed by atoms with E-state index in [-0.39, 0.29) is 59.0 Å². The molecule has 15 nitrogen and oxygen atoms in total. The fraction of sp³-hybridized carbons (Fsp3) is 0.831. The Morgan fingerprint density at radius 3 is 2.08 bits per heavy atom. The number of aliphatic hydroxyl groups is 2. The molecule has 0 aromatic carbocycles. The Balaban J connectivity index is 1.27. The minimum absolute atomic E-state index is 0.0228. The molecule has 4 fully saturated rings. The van der Waals surface area contributed by atoms with Gasteiger partial charge in [0.15, 0.2) is 35.0 Å². The summed E-state index contributed by atoms with van der Waals surface area (Å²) < 4.78 is 79.7. The SMILES string of the molecule is CCC(C)[C@H]1O[C@]2(C=C[C@@H]1C)C[C@@H](O)C[C@@H](C/C=C(\C)[C@@H](O[C@H]1C[C@H](OC)[C@@H](O[C@H]3C[C@H](OC)[C@@H](O[Si](C)(C)C(C)(C)C)[C@H](C)O3)[C@H](C)O1)[C@@H](C)/C=C/C=C1\CO[C@@H]3[C@H](O[Si](C)(C)C(C)(C)C)C(C)=C[C@@H](C(=O)OCC[Si](C)(C)C)[C@]13O)O2. The van der Waals surface area contributed by atoms with Crippen LogP contribution in [0.5, 0.6) is 0 Å². The largest absolute Gasteiger partial charge is 0.465 e. The summed E-state index contributed by atoms with van der Waals surface area (Å²) in [5.74, 6) is -2.16. The first-order chi connectivity index (χ1) is 38.4. The van der Waals surface area contributed by atoms with E-state index in [2.05, 4.69) is 140 Å². The monoisotopic (exact) mass is 1220 g/mol. The summed E-state index contributed by atoms with van der Waals surface area (Å²) in [4.78, 5) is 14.2. The summed E-state index contributed by atoms with van der Waals surface area (Å²) in [7, 11) is -2.61. The zero-order valence-corrected chi connectivity index (χ0v) is 58.5. The van der Waals surface area contributed by atoms with E-state index in [4.69, 9.17) is 56.2 Å². The Bertz CT molecular complexity index is 2300. The number of esters is 1. The Kier molecular flexibility index (Phi) is 23.7. The molecule has 0 radical (unpaired) electrons. The van der Waals surface area contributed by atoms with Crippen molar-refractivity contribution in [3.05, 3.63) is 59.3 Å². The summed E-state index contributed by atoms with van der Waals surface area (Å²) in [5, 5.41) is 24.4. The zero-order valence-electron chi connectivity index (χ0n) is 55.5. The number of aliphatic hydroxyl groups excluding tert-OH is 1. The molecule has 1 unspecified atom stereocenters. The average molecular weight is 1220 g/mol. The average Bonchev–Trinajstić information content (AvgIpc) is 1.86. The van der Waals surface area contributed by atoms with E-state index in [0.29, 0.717) is 50.2 Å². The highest BCUT2D eigenvalue weighted by Crippen LogP contribution is 2.49. The third kappa shape index (κ3) is 17.0. The first-order valence-corrected chi connectivity index (χ1v) is 40.9. The molecule has 1 spiro atoms. The fourth-order valence-electron chi connectivity index (χ4n) is 12.1. The Hall–Kier alpha value is -1.70.